The Labute approximate surface area is 109 Å². The van der Waals surface area contributed by atoms with Gasteiger partial charge in [0.2, 0.25) is 5.91 Å². The van der Waals surface area contributed by atoms with Gasteiger partial charge in [-0.25, -0.2) is 0 Å². The van der Waals surface area contributed by atoms with E-state index >= 15 is 0 Å². The van der Waals surface area contributed by atoms with Gasteiger partial charge in [0.05, 0.1) is 0 Å². The van der Waals surface area contributed by atoms with E-state index in [9.17, 15) is 4.79 Å². The molecule has 0 heterocycles. The molecule has 18 heavy (non-hydrogen) atoms. The van der Waals surface area contributed by atoms with Crippen LogP contribution in [0.2, 0.25) is 0 Å². The summed E-state index contributed by atoms with van der Waals surface area (Å²) >= 11 is 0. The van der Waals surface area contributed by atoms with E-state index in [1.807, 2.05) is 18.2 Å². The van der Waals surface area contributed by atoms with E-state index in [0.29, 0.717) is 6.04 Å². The molecule has 0 atom stereocenters. The van der Waals surface area contributed by atoms with Crippen LogP contribution in [-0.2, 0) is 4.79 Å². The highest BCUT2D eigenvalue weighted by molar-refractivity contribution is 5.91. The summed E-state index contributed by atoms with van der Waals surface area (Å²) < 4.78 is 0. The number of aryl methyl sites for hydroxylation is 1. The van der Waals surface area contributed by atoms with Gasteiger partial charge in [-0.05, 0) is 31.4 Å². The molecule has 2 rings (SSSR count). The number of hydrogen-bond donors (Lipinski definition) is 1. The Morgan fingerprint density at radius 1 is 1.17 bits per heavy atom. The van der Waals surface area contributed by atoms with Crippen molar-refractivity contribution in [2.75, 3.05) is 0 Å². The summed E-state index contributed by atoms with van der Waals surface area (Å²) in [7, 11) is 0. The molecule has 1 aromatic carbocycles. The topological polar surface area (TPSA) is 29.1 Å². The lowest BCUT2D eigenvalue weighted by Gasteiger charge is -2.21. The molecule has 2 nitrogen and oxygen atoms in total. The third-order valence-corrected chi connectivity index (χ3v) is 3.46. The Bertz CT molecular complexity index is 413. The third-order valence-electron chi connectivity index (χ3n) is 3.46. The molecule has 0 unspecified atom stereocenters. The van der Waals surface area contributed by atoms with Crippen LogP contribution < -0.4 is 5.32 Å². The first kappa shape index (κ1) is 12.9. The molecule has 1 aliphatic rings. The summed E-state index contributed by atoms with van der Waals surface area (Å²) in [5, 5.41) is 3.07. The fourth-order valence-electron chi connectivity index (χ4n) is 2.35. The molecule has 1 aromatic rings. The van der Waals surface area contributed by atoms with Crippen LogP contribution in [0.4, 0.5) is 0 Å². The number of carbonyl (C=O) groups excluding carboxylic acids is 1. The maximum absolute atomic E-state index is 11.8. The van der Waals surface area contributed by atoms with E-state index in [0.717, 1.165) is 18.4 Å². The molecular weight excluding hydrogens is 222 g/mol. The van der Waals surface area contributed by atoms with Gasteiger partial charge in [0.25, 0.3) is 0 Å². The maximum Gasteiger partial charge on any atom is 0.244 e. The Kier molecular flexibility index (Phi) is 4.57. The molecule has 0 bridgehead atoms. The normalized spacial score (nSPS) is 16.9. The lowest BCUT2D eigenvalue weighted by Crippen LogP contribution is -2.34. The largest absolute Gasteiger partial charge is 0.350 e. The Balaban J connectivity index is 1.84. The van der Waals surface area contributed by atoms with Crippen molar-refractivity contribution in [1.29, 1.82) is 0 Å². The summed E-state index contributed by atoms with van der Waals surface area (Å²) in [6.07, 6.45) is 9.57. The highest BCUT2D eigenvalue weighted by Gasteiger charge is 2.13. The second-order valence-electron chi connectivity index (χ2n) is 5.09. The minimum atomic E-state index is 0.0301. The molecule has 0 aliphatic heterocycles. The summed E-state index contributed by atoms with van der Waals surface area (Å²) in [6.45, 7) is 2.06. The van der Waals surface area contributed by atoms with Gasteiger partial charge in [0.1, 0.15) is 0 Å². The molecule has 0 spiro atoms. The number of rotatable bonds is 3. The fourth-order valence-corrected chi connectivity index (χ4v) is 2.35. The van der Waals surface area contributed by atoms with Gasteiger partial charge in [-0.15, -0.1) is 0 Å². The maximum atomic E-state index is 11.8. The monoisotopic (exact) mass is 243 g/mol. The Morgan fingerprint density at radius 3 is 2.50 bits per heavy atom. The lowest BCUT2D eigenvalue weighted by atomic mass is 9.95. The molecule has 0 aromatic heterocycles. The molecule has 1 N–H and O–H groups in total. The van der Waals surface area contributed by atoms with E-state index in [1.54, 1.807) is 6.08 Å². The molecule has 1 aliphatic carbocycles. The minimum absolute atomic E-state index is 0.0301. The van der Waals surface area contributed by atoms with Crippen LogP contribution in [-0.4, -0.2) is 11.9 Å². The van der Waals surface area contributed by atoms with E-state index in [1.165, 1.54) is 24.8 Å². The van der Waals surface area contributed by atoms with Crippen molar-refractivity contribution >= 4 is 12.0 Å². The molecular formula is C16H21NO. The predicted molar refractivity (Wildman–Crippen MR) is 75.2 cm³/mol. The first-order valence-corrected chi connectivity index (χ1v) is 6.79. The zero-order valence-electron chi connectivity index (χ0n) is 11.0. The van der Waals surface area contributed by atoms with Crippen LogP contribution in [0.15, 0.2) is 30.3 Å². The van der Waals surface area contributed by atoms with Gasteiger partial charge in [-0.1, -0.05) is 49.1 Å². The molecule has 1 saturated carbocycles. The summed E-state index contributed by atoms with van der Waals surface area (Å²) in [4.78, 5) is 11.8. The Morgan fingerprint density at radius 2 is 1.83 bits per heavy atom. The highest BCUT2D eigenvalue weighted by atomic mass is 16.1. The van der Waals surface area contributed by atoms with Gasteiger partial charge in [0, 0.05) is 12.1 Å². The fraction of sp³-hybridized carbons (Fsp3) is 0.438. The van der Waals surface area contributed by atoms with Crippen molar-refractivity contribution in [3.63, 3.8) is 0 Å². The van der Waals surface area contributed by atoms with Crippen LogP contribution in [0.3, 0.4) is 0 Å². The molecule has 0 saturated heterocycles. The van der Waals surface area contributed by atoms with Crippen molar-refractivity contribution in [3.8, 4) is 0 Å². The van der Waals surface area contributed by atoms with Crippen molar-refractivity contribution in [3.05, 3.63) is 41.5 Å². The lowest BCUT2D eigenvalue weighted by molar-refractivity contribution is -0.117. The Hall–Kier alpha value is -1.57. The number of benzene rings is 1. The highest BCUT2D eigenvalue weighted by Crippen LogP contribution is 2.17. The molecule has 1 amide bonds. The zero-order chi connectivity index (χ0) is 12.8. The van der Waals surface area contributed by atoms with Crippen LogP contribution in [0.25, 0.3) is 6.08 Å². The molecule has 1 fully saturated rings. The second kappa shape index (κ2) is 6.39. The number of nitrogens with one attached hydrogen (secondary N) is 1. The van der Waals surface area contributed by atoms with Crippen molar-refractivity contribution in [1.82, 2.24) is 5.32 Å². The van der Waals surface area contributed by atoms with E-state index in [4.69, 9.17) is 0 Å². The molecule has 0 radical (unpaired) electrons. The first-order valence-electron chi connectivity index (χ1n) is 6.79. The van der Waals surface area contributed by atoms with Crippen LogP contribution in [0, 0.1) is 6.92 Å². The third kappa shape index (κ3) is 4.02. The quantitative estimate of drug-likeness (QED) is 0.809. The number of hydrogen-bond acceptors (Lipinski definition) is 1. The second-order valence-corrected chi connectivity index (χ2v) is 5.09. The van der Waals surface area contributed by atoms with Crippen LogP contribution in [0.1, 0.15) is 43.2 Å². The smallest absolute Gasteiger partial charge is 0.244 e. The standard InChI is InChI=1S/C16H21NO/c1-13-7-9-14(10-8-13)11-12-16(18)17-15-5-3-2-4-6-15/h7-12,15H,2-6H2,1H3,(H,17,18)/b12-11+. The number of carbonyl (C=O) groups is 1. The van der Waals surface area contributed by atoms with Crippen molar-refractivity contribution < 1.29 is 4.79 Å². The van der Waals surface area contributed by atoms with Gasteiger partial charge in [-0.3, -0.25) is 4.79 Å². The van der Waals surface area contributed by atoms with E-state index in [2.05, 4.69) is 24.4 Å². The predicted octanol–water partition coefficient (Wildman–Crippen LogP) is 3.46. The van der Waals surface area contributed by atoms with Gasteiger partial charge < -0.3 is 5.32 Å². The number of amides is 1. The zero-order valence-corrected chi connectivity index (χ0v) is 11.0. The summed E-state index contributed by atoms with van der Waals surface area (Å²) in [5.74, 6) is 0.0301. The van der Waals surface area contributed by atoms with E-state index in [-0.39, 0.29) is 5.91 Å². The van der Waals surface area contributed by atoms with Gasteiger partial charge in [-0.2, -0.15) is 0 Å². The molecule has 2 heteroatoms. The average molecular weight is 243 g/mol. The van der Waals surface area contributed by atoms with Crippen molar-refractivity contribution in [2.45, 2.75) is 45.1 Å². The summed E-state index contributed by atoms with van der Waals surface area (Å²) in [6, 6.07) is 8.55. The first-order chi connectivity index (χ1) is 8.74. The van der Waals surface area contributed by atoms with E-state index < -0.39 is 0 Å². The average Bonchev–Trinajstić information content (AvgIpc) is 2.39. The SMILES string of the molecule is Cc1ccc(/C=C/C(=O)NC2CCCCC2)cc1. The van der Waals surface area contributed by atoms with Crippen LogP contribution in [0.5, 0.6) is 0 Å². The summed E-state index contributed by atoms with van der Waals surface area (Å²) in [5.41, 5.74) is 2.30. The minimum Gasteiger partial charge on any atom is -0.350 e. The van der Waals surface area contributed by atoms with Gasteiger partial charge >= 0.3 is 0 Å². The van der Waals surface area contributed by atoms with Crippen molar-refractivity contribution in [2.24, 2.45) is 0 Å². The van der Waals surface area contributed by atoms with Gasteiger partial charge in [0.15, 0.2) is 0 Å². The molecule has 96 valence electrons. The van der Waals surface area contributed by atoms with Crippen LogP contribution >= 0.6 is 0 Å².